The van der Waals surface area contributed by atoms with Gasteiger partial charge in [-0.15, -0.1) is 0 Å². The highest BCUT2D eigenvalue weighted by atomic mass is 14.7. The van der Waals surface area contributed by atoms with Gasteiger partial charge in [0.05, 0.1) is 0 Å². The predicted octanol–water partition coefficient (Wildman–Crippen LogP) is 10.2. The minimum absolute atomic E-state index is 0.503. The van der Waals surface area contributed by atoms with E-state index in [1.54, 1.807) is 0 Å². The van der Waals surface area contributed by atoms with Gasteiger partial charge in [-0.3, -0.25) is 0 Å². The Morgan fingerprint density at radius 3 is 0.475 bits per heavy atom. The van der Waals surface area contributed by atoms with E-state index >= 15 is 0 Å². The van der Waals surface area contributed by atoms with Crippen LogP contribution in [0, 0.1) is 23.7 Å². The van der Waals surface area contributed by atoms with Crippen molar-refractivity contribution in [2.45, 2.75) is 210 Å². The molecule has 0 aromatic heterocycles. The monoisotopic (exact) mass is 573 g/mol. The van der Waals surface area contributed by atoms with Gasteiger partial charge >= 0.3 is 0 Å². The van der Waals surface area contributed by atoms with Crippen LogP contribution in [0.5, 0.6) is 0 Å². The topological polar surface area (TPSA) is 104 Å². The summed E-state index contributed by atoms with van der Waals surface area (Å²) < 4.78 is 0. The van der Waals surface area contributed by atoms with Crippen LogP contribution in [0.25, 0.3) is 0 Å². The molecule has 0 aliphatic heterocycles. The van der Waals surface area contributed by atoms with Crippen LogP contribution in [0.1, 0.15) is 186 Å². The molecule has 4 rings (SSSR count). The Labute approximate surface area is 256 Å². The maximum Gasteiger partial charge on any atom is 0.00645 e. The molecule has 4 aliphatic carbocycles. The summed E-state index contributed by atoms with van der Waals surface area (Å²) in [7, 11) is 0. The molecule has 8 atom stereocenters. The molecule has 0 amide bonds. The quantitative estimate of drug-likeness (QED) is 0.232. The van der Waals surface area contributed by atoms with E-state index in [1.165, 1.54) is 103 Å². The molecule has 4 saturated carbocycles. The molecule has 4 nitrogen and oxygen atoms in total. The highest BCUT2D eigenvalue weighted by Gasteiger charge is 2.18. The van der Waals surface area contributed by atoms with Gasteiger partial charge in [-0.05, 0) is 75.0 Å². The summed E-state index contributed by atoms with van der Waals surface area (Å²) in [5.74, 6) is 3.12. The van der Waals surface area contributed by atoms with Gasteiger partial charge in [-0.2, -0.15) is 0 Å². The van der Waals surface area contributed by atoms with Crippen molar-refractivity contribution in [3.05, 3.63) is 0 Å². The summed E-state index contributed by atoms with van der Waals surface area (Å²) in [5.41, 5.74) is 23.1. The molecule has 4 aliphatic rings. The zero-order valence-electron chi connectivity index (χ0n) is 30.2. The van der Waals surface area contributed by atoms with E-state index in [0.717, 1.165) is 23.7 Å². The van der Waals surface area contributed by atoms with Crippen LogP contribution < -0.4 is 22.9 Å². The Kier molecular flexibility index (Phi) is 41.0. The first kappa shape index (κ1) is 46.8. The van der Waals surface area contributed by atoms with E-state index < -0.39 is 0 Å². The van der Waals surface area contributed by atoms with Crippen molar-refractivity contribution in [3.63, 3.8) is 0 Å². The molecular formula is C36H84N4. The standard InChI is InChI=1S/4C7H15N.4C2H6/c4*1-6-4-2-3-5-7(6)8;4*1-2/h4*6-7H,2-5,8H2,1H3;4*1-2H3/t2*6-,7+;2*6-,7-;;;;/m1010..../s1. The Bertz CT molecular complexity index is 325. The molecule has 8 N–H and O–H groups in total. The molecule has 0 aromatic rings. The van der Waals surface area contributed by atoms with Crippen LogP contribution in [0.4, 0.5) is 0 Å². The fourth-order valence-electron chi connectivity index (χ4n) is 5.38. The zero-order chi connectivity index (χ0) is 31.9. The Morgan fingerprint density at radius 2 is 0.400 bits per heavy atom. The molecule has 4 fully saturated rings. The van der Waals surface area contributed by atoms with Crippen LogP contribution in [0.3, 0.4) is 0 Å². The maximum atomic E-state index is 5.78. The lowest BCUT2D eigenvalue weighted by Gasteiger charge is -2.24. The fourth-order valence-corrected chi connectivity index (χ4v) is 5.38. The number of rotatable bonds is 0. The van der Waals surface area contributed by atoms with Crippen molar-refractivity contribution in [2.75, 3.05) is 0 Å². The van der Waals surface area contributed by atoms with Crippen LogP contribution in [-0.2, 0) is 0 Å². The summed E-state index contributed by atoms with van der Waals surface area (Å²) in [6, 6.07) is 2.01. The average molecular weight is 573 g/mol. The van der Waals surface area contributed by atoms with Gasteiger partial charge in [0.25, 0.3) is 0 Å². The van der Waals surface area contributed by atoms with E-state index in [2.05, 4.69) is 27.7 Å². The maximum absolute atomic E-state index is 5.78. The van der Waals surface area contributed by atoms with Gasteiger partial charge in [0.2, 0.25) is 0 Å². The van der Waals surface area contributed by atoms with Gasteiger partial charge in [0.1, 0.15) is 0 Å². The van der Waals surface area contributed by atoms with Gasteiger partial charge in [-0.25, -0.2) is 0 Å². The van der Waals surface area contributed by atoms with Gasteiger partial charge in [0, 0.05) is 24.2 Å². The molecule has 0 bridgehead atoms. The third-order valence-electron chi connectivity index (χ3n) is 8.71. The Balaban J connectivity index is -0.000000199. The summed E-state index contributed by atoms with van der Waals surface area (Å²) in [6.45, 7) is 25.0. The Morgan fingerprint density at radius 1 is 0.275 bits per heavy atom. The lowest BCUT2D eigenvalue weighted by molar-refractivity contribution is 0.331. The van der Waals surface area contributed by atoms with Crippen molar-refractivity contribution in [1.82, 2.24) is 0 Å². The van der Waals surface area contributed by atoms with Gasteiger partial charge in [-0.1, -0.05) is 134 Å². The highest BCUT2D eigenvalue weighted by molar-refractivity contribution is 4.75. The van der Waals surface area contributed by atoms with Gasteiger partial charge < -0.3 is 22.9 Å². The average Bonchev–Trinajstić information content (AvgIpc) is 3.00. The summed E-state index contributed by atoms with van der Waals surface area (Å²) in [5, 5.41) is 0. The SMILES string of the molecule is CC.CC.CC.CC.C[C@@H]1CCCC[C@@H]1N.C[C@@H]1CCCC[C@H]1N.C[C@H]1CCCC[C@@H]1N.C[C@H]1CCCC[C@H]1N. The van der Waals surface area contributed by atoms with E-state index in [9.17, 15) is 0 Å². The summed E-state index contributed by atoms with van der Waals surface area (Å²) >= 11 is 0. The molecular weight excluding hydrogens is 488 g/mol. The smallest absolute Gasteiger partial charge is 0.00645 e. The number of hydrogen-bond donors (Lipinski definition) is 4. The molecule has 4 heteroatoms. The number of hydrogen-bond acceptors (Lipinski definition) is 4. The molecule has 40 heavy (non-hydrogen) atoms. The van der Waals surface area contributed by atoms with Crippen molar-refractivity contribution >= 4 is 0 Å². The van der Waals surface area contributed by atoms with E-state index in [-0.39, 0.29) is 0 Å². The molecule has 248 valence electrons. The lowest BCUT2D eigenvalue weighted by Crippen LogP contribution is -2.30. The Hall–Kier alpha value is -0.160. The van der Waals surface area contributed by atoms with Crippen LogP contribution in [0.2, 0.25) is 0 Å². The lowest BCUT2D eigenvalue weighted by atomic mass is 9.87. The van der Waals surface area contributed by atoms with Crippen LogP contribution in [-0.4, -0.2) is 24.2 Å². The zero-order valence-corrected chi connectivity index (χ0v) is 30.2. The van der Waals surface area contributed by atoms with E-state index in [4.69, 9.17) is 22.9 Å². The highest BCUT2D eigenvalue weighted by Crippen LogP contribution is 2.23. The van der Waals surface area contributed by atoms with Crippen molar-refractivity contribution in [3.8, 4) is 0 Å². The number of nitrogens with two attached hydrogens (primary N) is 4. The first-order valence-corrected chi connectivity index (χ1v) is 18.2. The second-order valence-corrected chi connectivity index (χ2v) is 11.7. The van der Waals surface area contributed by atoms with Crippen molar-refractivity contribution in [1.29, 1.82) is 0 Å². The second-order valence-electron chi connectivity index (χ2n) is 11.7. The third kappa shape index (κ3) is 26.7. The fraction of sp³-hybridized carbons (Fsp3) is 1.00. The van der Waals surface area contributed by atoms with Gasteiger partial charge in [0.15, 0.2) is 0 Å². The van der Waals surface area contributed by atoms with Crippen LogP contribution in [0.15, 0.2) is 0 Å². The van der Waals surface area contributed by atoms with Crippen molar-refractivity contribution < 1.29 is 0 Å². The first-order chi connectivity index (χ1) is 19.2. The first-order valence-electron chi connectivity index (χ1n) is 18.2. The predicted molar refractivity (Wildman–Crippen MR) is 188 cm³/mol. The molecule has 0 saturated heterocycles. The van der Waals surface area contributed by atoms with E-state index in [0.29, 0.717) is 24.2 Å². The van der Waals surface area contributed by atoms with Crippen molar-refractivity contribution in [2.24, 2.45) is 46.6 Å². The minimum atomic E-state index is 0.503. The molecule has 0 spiro atoms. The third-order valence-corrected chi connectivity index (χ3v) is 8.71. The molecule has 0 aromatic carbocycles. The van der Waals surface area contributed by atoms with Crippen LogP contribution >= 0.6 is 0 Å². The largest absolute Gasteiger partial charge is 0.327 e. The molecule has 0 radical (unpaired) electrons. The minimum Gasteiger partial charge on any atom is -0.327 e. The molecule has 0 heterocycles. The van der Waals surface area contributed by atoms with E-state index in [1.807, 2.05) is 55.4 Å². The summed E-state index contributed by atoms with van der Waals surface area (Å²) in [6.07, 6.45) is 21.4. The molecule has 0 unspecified atom stereocenters. The second kappa shape index (κ2) is 35.0. The summed E-state index contributed by atoms with van der Waals surface area (Å²) in [4.78, 5) is 0. The normalized spacial score (nSPS) is 32.4.